The van der Waals surface area contributed by atoms with Crippen LogP contribution in [0.2, 0.25) is 0 Å². The first-order chi connectivity index (χ1) is 8.09. The summed E-state index contributed by atoms with van der Waals surface area (Å²) in [5.74, 6) is -1.03. The van der Waals surface area contributed by atoms with Crippen LogP contribution in [0.5, 0.6) is 5.75 Å². The Bertz CT molecular complexity index is 423. The smallest absolute Gasteiger partial charge is 0.419 e. The Balaban J connectivity index is 3.39. The van der Waals surface area contributed by atoms with Gasteiger partial charge in [0, 0.05) is 5.56 Å². The van der Waals surface area contributed by atoms with Crippen LogP contribution in [0.1, 0.15) is 17.2 Å². The van der Waals surface area contributed by atoms with Crippen molar-refractivity contribution < 1.29 is 36.2 Å². The molecule has 18 heavy (non-hydrogen) atoms. The molecule has 2 nitrogen and oxygen atoms in total. The van der Waals surface area contributed by atoms with Crippen LogP contribution in [0, 0.1) is 0 Å². The Morgan fingerprint density at radius 2 is 1.67 bits per heavy atom. The molecule has 0 aliphatic rings. The summed E-state index contributed by atoms with van der Waals surface area (Å²) in [5, 5.41) is 8.99. The van der Waals surface area contributed by atoms with Crippen molar-refractivity contribution in [3.05, 3.63) is 29.3 Å². The lowest BCUT2D eigenvalue weighted by Gasteiger charge is -2.20. The fourth-order valence-electron chi connectivity index (χ4n) is 1.40. The summed E-state index contributed by atoms with van der Waals surface area (Å²) in [6, 6.07) is 2.08. The number of rotatable bonds is 2. The summed E-state index contributed by atoms with van der Waals surface area (Å²) in [6.07, 6.45) is -13.0. The molecule has 0 saturated heterocycles. The van der Waals surface area contributed by atoms with Crippen molar-refractivity contribution in [3.8, 4) is 5.75 Å². The maximum absolute atomic E-state index is 12.5. The van der Waals surface area contributed by atoms with Crippen LogP contribution in [-0.4, -0.2) is 18.4 Å². The molecule has 0 aliphatic heterocycles. The zero-order chi connectivity index (χ0) is 14.1. The fraction of sp³-hybridized carbons (Fsp3) is 0.400. The average molecular weight is 274 g/mol. The molecule has 1 N–H and O–H groups in total. The third kappa shape index (κ3) is 2.87. The highest BCUT2D eigenvalue weighted by molar-refractivity contribution is 5.44. The van der Waals surface area contributed by atoms with Gasteiger partial charge in [-0.3, -0.25) is 0 Å². The molecule has 1 unspecified atom stereocenters. The van der Waals surface area contributed by atoms with E-state index in [1.807, 2.05) is 0 Å². The second-order valence-corrected chi connectivity index (χ2v) is 3.37. The van der Waals surface area contributed by atoms with Gasteiger partial charge < -0.3 is 9.84 Å². The van der Waals surface area contributed by atoms with Crippen molar-refractivity contribution in [1.29, 1.82) is 0 Å². The summed E-state index contributed by atoms with van der Waals surface area (Å²) in [5.41, 5.74) is -2.34. The first-order valence-electron chi connectivity index (χ1n) is 4.58. The summed E-state index contributed by atoms with van der Waals surface area (Å²) < 4.78 is 78.8. The van der Waals surface area contributed by atoms with Gasteiger partial charge in [-0.2, -0.15) is 26.3 Å². The molecule has 1 atom stereocenters. The van der Waals surface area contributed by atoms with E-state index in [-0.39, 0.29) is 0 Å². The average Bonchev–Trinajstić information content (AvgIpc) is 2.24. The van der Waals surface area contributed by atoms with Crippen molar-refractivity contribution in [3.63, 3.8) is 0 Å². The molecule has 0 aromatic heterocycles. The molecule has 1 aromatic carbocycles. The highest BCUT2D eigenvalue weighted by atomic mass is 19.4. The number of para-hydroxylation sites is 1. The maximum Gasteiger partial charge on any atom is 0.419 e. The zero-order valence-corrected chi connectivity index (χ0v) is 8.93. The second-order valence-electron chi connectivity index (χ2n) is 3.37. The number of hydrogen-bond donors (Lipinski definition) is 1. The summed E-state index contributed by atoms with van der Waals surface area (Å²) in [4.78, 5) is 0. The van der Waals surface area contributed by atoms with Crippen LogP contribution in [0.4, 0.5) is 26.3 Å². The minimum absolute atomic E-state index is 0.575. The minimum atomic E-state index is -5.07. The summed E-state index contributed by atoms with van der Waals surface area (Å²) in [6.45, 7) is 0. The van der Waals surface area contributed by atoms with Gasteiger partial charge in [0.15, 0.2) is 6.10 Å². The topological polar surface area (TPSA) is 29.5 Å². The van der Waals surface area contributed by atoms with Crippen molar-refractivity contribution in [2.24, 2.45) is 0 Å². The second kappa shape index (κ2) is 4.68. The van der Waals surface area contributed by atoms with E-state index in [0.29, 0.717) is 6.07 Å². The predicted octanol–water partition coefficient (Wildman–Crippen LogP) is 3.31. The van der Waals surface area contributed by atoms with Gasteiger partial charge >= 0.3 is 12.4 Å². The zero-order valence-electron chi connectivity index (χ0n) is 8.93. The van der Waals surface area contributed by atoms with Crippen LogP contribution in [-0.2, 0) is 6.18 Å². The number of hydrogen-bond acceptors (Lipinski definition) is 2. The number of alkyl halides is 6. The molecule has 0 aliphatic carbocycles. The van der Waals surface area contributed by atoms with E-state index in [1.165, 1.54) is 0 Å². The molecule has 1 aromatic rings. The molecule has 0 saturated carbocycles. The minimum Gasteiger partial charge on any atom is -0.496 e. The first-order valence-corrected chi connectivity index (χ1v) is 4.58. The van der Waals surface area contributed by atoms with Crippen molar-refractivity contribution in [1.82, 2.24) is 0 Å². The van der Waals surface area contributed by atoms with Gasteiger partial charge in [0.05, 0.1) is 12.7 Å². The molecule has 102 valence electrons. The quantitative estimate of drug-likeness (QED) is 0.838. The van der Waals surface area contributed by atoms with Crippen LogP contribution < -0.4 is 4.74 Å². The Morgan fingerprint density at radius 3 is 2.06 bits per heavy atom. The van der Waals surface area contributed by atoms with Gasteiger partial charge in [-0.1, -0.05) is 12.1 Å². The molecule has 8 heteroatoms. The van der Waals surface area contributed by atoms with E-state index >= 15 is 0 Å². The first kappa shape index (κ1) is 14.6. The van der Waals surface area contributed by atoms with Crippen LogP contribution in [0.15, 0.2) is 18.2 Å². The molecule has 0 spiro atoms. The summed E-state index contributed by atoms with van der Waals surface area (Å²) in [7, 11) is 0.803. The van der Waals surface area contributed by atoms with Crippen molar-refractivity contribution in [2.45, 2.75) is 18.5 Å². The molecule has 0 fully saturated rings. The normalized spacial score (nSPS) is 14.4. The Morgan fingerprint density at radius 1 is 1.11 bits per heavy atom. The van der Waals surface area contributed by atoms with Crippen LogP contribution in [0.3, 0.4) is 0 Å². The van der Waals surface area contributed by atoms with Gasteiger partial charge in [-0.25, -0.2) is 0 Å². The van der Waals surface area contributed by atoms with E-state index in [0.717, 1.165) is 19.2 Å². The number of benzene rings is 1. The highest BCUT2D eigenvalue weighted by Gasteiger charge is 2.43. The standard InChI is InChI=1S/C10H8F6O2/c1-18-7-5(8(17)10(14,15)16)3-2-4-6(7)9(11,12)13/h2-4,8,17H,1H3. The lowest BCUT2D eigenvalue weighted by molar-refractivity contribution is -0.207. The Hall–Kier alpha value is -1.44. The third-order valence-electron chi connectivity index (χ3n) is 2.16. The molecule has 0 heterocycles. The molecule has 0 radical (unpaired) electrons. The van der Waals surface area contributed by atoms with Crippen LogP contribution >= 0.6 is 0 Å². The number of aliphatic hydroxyl groups is 1. The molecular formula is C10H8F6O2. The third-order valence-corrected chi connectivity index (χ3v) is 2.16. The lowest BCUT2D eigenvalue weighted by atomic mass is 10.0. The van der Waals surface area contributed by atoms with E-state index in [4.69, 9.17) is 5.11 Å². The summed E-state index contributed by atoms with van der Waals surface area (Å²) >= 11 is 0. The van der Waals surface area contributed by atoms with Gasteiger partial charge in [-0.05, 0) is 6.07 Å². The molecule has 0 bridgehead atoms. The van der Waals surface area contributed by atoms with Crippen molar-refractivity contribution in [2.75, 3.05) is 7.11 Å². The lowest BCUT2D eigenvalue weighted by Crippen LogP contribution is -2.22. The monoisotopic (exact) mass is 274 g/mol. The van der Waals surface area contributed by atoms with E-state index in [9.17, 15) is 26.3 Å². The highest BCUT2D eigenvalue weighted by Crippen LogP contribution is 2.43. The van der Waals surface area contributed by atoms with Gasteiger partial charge in [0.2, 0.25) is 0 Å². The number of ether oxygens (including phenoxy) is 1. The van der Waals surface area contributed by atoms with Gasteiger partial charge in [-0.15, -0.1) is 0 Å². The largest absolute Gasteiger partial charge is 0.496 e. The maximum atomic E-state index is 12.5. The molecular weight excluding hydrogens is 266 g/mol. The van der Waals surface area contributed by atoms with E-state index < -0.39 is 35.3 Å². The fourth-order valence-corrected chi connectivity index (χ4v) is 1.40. The molecule has 1 rings (SSSR count). The van der Waals surface area contributed by atoms with Gasteiger partial charge in [0.1, 0.15) is 5.75 Å². The van der Waals surface area contributed by atoms with Crippen molar-refractivity contribution >= 4 is 0 Å². The Labute approximate surface area is 97.8 Å². The number of aliphatic hydroxyl groups excluding tert-OH is 1. The predicted molar refractivity (Wildman–Crippen MR) is 49.0 cm³/mol. The Kier molecular flexibility index (Phi) is 3.80. The molecule has 0 amide bonds. The number of methoxy groups -OCH3 is 1. The van der Waals surface area contributed by atoms with Crippen LogP contribution in [0.25, 0.3) is 0 Å². The van der Waals surface area contributed by atoms with E-state index in [2.05, 4.69) is 4.74 Å². The van der Waals surface area contributed by atoms with Gasteiger partial charge in [0.25, 0.3) is 0 Å². The van der Waals surface area contributed by atoms with E-state index in [1.54, 1.807) is 0 Å². The SMILES string of the molecule is COc1c(C(O)C(F)(F)F)cccc1C(F)(F)F. The number of halogens is 6.